The van der Waals surface area contributed by atoms with Gasteiger partial charge in [-0.05, 0) is 12.0 Å². The second-order valence-electron chi connectivity index (χ2n) is 3.03. The molecule has 0 saturated carbocycles. The van der Waals surface area contributed by atoms with Crippen LogP contribution in [-0.2, 0) is 4.74 Å². The van der Waals surface area contributed by atoms with Crippen molar-refractivity contribution in [1.29, 1.82) is 0 Å². The third kappa shape index (κ3) is 2.54. The van der Waals surface area contributed by atoms with Gasteiger partial charge >= 0.3 is 0 Å². The summed E-state index contributed by atoms with van der Waals surface area (Å²) in [6.07, 6.45) is 7.58. The van der Waals surface area contributed by atoms with Crippen LogP contribution in [0.4, 0.5) is 0 Å². The van der Waals surface area contributed by atoms with Crippen molar-refractivity contribution in [2.45, 2.75) is 25.6 Å². The normalized spacial score (nSPS) is 31.7. The summed E-state index contributed by atoms with van der Waals surface area (Å²) in [4.78, 5) is 0. The average molecular weight is 180 g/mol. The van der Waals surface area contributed by atoms with Crippen molar-refractivity contribution in [3.63, 3.8) is 0 Å². The van der Waals surface area contributed by atoms with Crippen molar-refractivity contribution in [2.75, 3.05) is 6.61 Å². The molecule has 0 aromatic carbocycles. The number of allylic oxidation sites excluding steroid dienone is 3. The SMILES string of the molecule is C=C/C=C/[C@H]1OC/C(=C\CC)[C@@H]1O. The van der Waals surface area contributed by atoms with Gasteiger partial charge in [0.05, 0.1) is 6.61 Å². The zero-order valence-electron chi connectivity index (χ0n) is 7.94. The summed E-state index contributed by atoms with van der Waals surface area (Å²) >= 11 is 0. The number of ether oxygens (including phenoxy) is 1. The third-order valence-electron chi connectivity index (χ3n) is 2.04. The highest BCUT2D eigenvalue weighted by atomic mass is 16.5. The Balaban J connectivity index is 2.59. The molecule has 1 N–H and O–H groups in total. The maximum absolute atomic E-state index is 9.73. The molecule has 2 nitrogen and oxygen atoms in total. The van der Waals surface area contributed by atoms with Gasteiger partial charge in [0, 0.05) is 0 Å². The van der Waals surface area contributed by atoms with E-state index < -0.39 is 6.10 Å². The topological polar surface area (TPSA) is 29.5 Å². The van der Waals surface area contributed by atoms with Crippen LogP contribution in [-0.4, -0.2) is 23.9 Å². The second-order valence-corrected chi connectivity index (χ2v) is 3.03. The molecule has 0 bridgehead atoms. The van der Waals surface area contributed by atoms with Crippen LogP contribution in [0.2, 0.25) is 0 Å². The molecule has 1 aliphatic rings. The Hall–Kier alpha value is -0.860. The highest BCUT2D eigenvalue weighted by Crippen LogP contribution is 2.20. The smallest absolute Gasteiger partial charge is 0.107 e. The summed E-state index contributed by atoms with van der Waals surface area (Å²) < 4.78 is 5.38. The highest BCUT2D eigenvalue weighted by molar-refractivity contribution is 5.19. The van der Waals surface area contributed by atoms with Crippen molar-refractivity contribution in [2.24, 2.45) is 0 Å². The number of rotatable bonds is 3. The average Bonchev–Trinajstić information content (AvgIpc) is 2.46. The number of hydrogen-bond donors (Lipinski definition) is 1. The fourth-order valence-electron chi connectivity index (χ4n) is 1.37. The summed E-state index contributed by atoms with van der Waals surface area (Å²) in [5, 5.41) is 9.73. The predicted octanol–water partition coefficient (Wildman–Crippen LogP) is 1.82. The third-order valence-corrected chi connectivity index (χ3v) is 2.04. The first-order valence-corrected chi connectivity index (χ1v) is 4.57. The Bertz CT molecular complexity index is 228. The molecular weight excluding hydrogens is 164 g/mol. The van der Waals surface area contributed by atoms with E-state index >= 15 is 0 Å². The van der Waals surface area contributed by atoms with E-state index in [1.165, 1.54) is 0 Å². The fraction of sp³-hybridized carbons (Fsp3) is 0.455. The molecule has 0 aromatic rings. The second kappa shape index (κ2) is 5.00. The lowest BCUT2D eigenvalue weighted by Gasteiger charge is -2.08. The Morgan fingerprint density at radius 2 is 2.46 bits per heavy atom. The number of aliphatic hydroxyl groups excluding tert-OH is 1. The van der Waals surface area contributed by atoms with Crippen LogP contribution < -0.4 is 0 Å². The van der Waals surface area contributed by atoms with Gasteiger partial charge in [0.15, 0.2) is 0 Å². The molecule has 2 atom stereocenters. The Labute approximate surface area is 79.2 Å². The molecule has 1 fully saturated rings. The highest BCUT2D eigenvalue weighted by Gasteiger charge is 2.27. The van der Waals surface area contributed by atoms with Crippen LogP contribution in [0.25, 0.3) is 0 Å². The van der Waals surface area contributed by atoms with Gasteiger partial charge in [-0.15, -0.1) is 0 Å². The molecule has 0 aliphatic carbocycles. The first kappa shape index (κ1) is 10.2. The molecule has 1 heterocycles. The molecular formula is C11H16O2. The lowest BCUT2D eigenvalue weighted by atomic mass is 10.1. The molecule has 0 spiro atoms. The maximum atomic E-state index is 9.73. The molecule has 72 valence electrons. The van der Waals surface area contributed by atoms with E-state index in [0.717, 1.165) is 12.0 Å². The van der Waals surface area contributed by atoms with Crippen molar-refractivity contribution >= 4 is 0 Å². The molecule has 0 unspecified atom stereocenters. The van der Waals surface area contributed by atoms with E-state index in [1.54, 1.807) is 12.2 Å². The van der Waals surface area contributed by atoms with Crippen molar-refractivity contribution in [3.8, 4) is 0 Å². The minimum absolute atomic E-state index is 0.198. The predicted molar refractivity (Wildman–Crippen MR) is 53.5 cm³/mol. The Kier molecular flexibility index (Phi) is 3.93. The van der Waals surface area contributed by atoms with Crippen LogP contribution in [0.3, 0.4) is 0 Å². The first-order valence-electron chi connectivity index (χ1n) is 4.57. The monoisotopic (exact) mass is 180 g/mol. The van der Waals surface area contributed by atoms with Crippen LogP contribution in [0.5, 0.6) is 0 Å². The van der Waals surface area contributed by atoms with Crippen molar-refractivity contribution < 1.29 is 9.84 Å². The van der Waals surface area contributed by atoms with E-state index in [9.17, 15) is 5.11 Å². The zero-order chi connectivity index (χ0) is 9.68. The molecule has 1 rings (SSSR count). The van der Waals surface area contributed by atoms with Crippen LogP contribution in [0, 0.1) is 0 Å². The fourth-order valence-corrected chi connectivity index (χ4v) is 1.37. The van der Waals surface area contributed by atoms with Crippen LogP contribution >= 0.6 is 0 Å². The van der Waals surface area contributed by atoms with Gasteiger partial charge in [-0.2, -0.15) is 0 Å². The van der Waals surface area contributed by atoms with Crippen molar-refractivity contribution in [1.82, 2.24) is 0 Å². The Morgan fingerprint density at radius 1 is 1.69 bits per heavy atom. The van der Waals surface area contributed by atoms with E-state index in [-0.39, 0.29) is 6.10 Å². The summed E-state index contributed by atoms with van der Waals surface area (Å²) in [5.74, 6) is 0. The van der Waals surface area contributed by atoms with Gasteiger partial charge in [-0.1, -0.05) is 37.8 Å². The van der Waals surface area contributed by atoms with Gasteiger partial charge in [-0.3, -0.25) is 0 Å². The minimum Gasteiger partial charge on any atom is -0.386 e. The summed E-state index contributed by atoms with van der Waals surface area (Å²) in [6.45, 7) is 6.15. The zero-order valence-corrected chi connectivity index (χ0v) is 7.94. The molecule has 0 radical (unpaired) electrons. The molecule has 13 heavy (non-hydrogen) atoms. The molecule has 0 aromatic heterocycles. The lowest BCUT2D eigenvalue weighted by Crippen LogP contribution is -2.19. The number of hydrogen-bond acceptors (Lipinski definition) is 2. The van der Waals surface area contributed by atoms with Crippen molar-refractivity contribution in [3.05, 3.63) is 36.5 Å². The van der Waals surface area contributed by atoms with E-state index in [2.05, 4.69) is 6.58 Å². The van der Waals surface area contributed by atoms with E-state index in [4.69, 9.17) is 4.74 Å². The molecule has 1 saturated heterocycles. The molecule has 2 heteroatoms. The minimum atomic E-state index is -0.476. The van der Waals surface area contributed by atoms with Crippen LogP contribution in [0.15, 0.2) is 36.5 Å². The standard InChI is InChI=1S/C11H16O2/c1-3-5-7-10-11(12)9(6-4-2)8-13-10/h3,5-7,10-12H,1,4,8H2,2H3/b7-5+,9-6+/t10-,11+/m1/s1. The first-order chi connectivity index (χ1) is 6.29. The van der Waals surface area contributed by atoms with Crippen LogP contribution in [0.1, 0.15) is 13.3 Å². The Morgan fingerprint density at radius 3 is 3.08 bits per heavy atom. The summed E-state index contributed by atoms with van der Waals surface area (Å²) in [7, 11) is 0. The maximum Gasteiger partial charge on any atom is 0.107 e. The van der Waals surface area contributed by atoms with E-state index in [0.29, 0.717) is 6.61 Å². The van der Waals surface area contributed by atoms with Gasteiger partial charge in [0.1, 0.15) is 12.2 Å². The van der Waals surface area contributed by atoms with Gasteiger partial charge in [-0.25, -0.2) is 0 Å². The quantitative estimate of drug-likeness (QED) is 0.530. The van der Waals surface area contributed by atoms with E-state index in [1.807, 2.05) is 19.1 Å². The number of aliphatic hydroxyl groups is 1. The largest absolute Gasteiger partial charge is 0.386 e. The van der Waals surface area contributed by atoms with Gasteiger partial charge in [0.25, 0.3) is 0 Å². The summed E-state index contributed by atoms with van der Waals surface area (Å²) in [6, 6.07) is 0. The van der Waals surface area contributed by atoms with Gasteiger partial charge in [0.2, 0.25) is 0 Å². The molecule has 1 aliphatic heterocycles. The lowest BCUT2D eigenvalue weighted by molar-refractivity contribution is 0.0769. The summed E-state index contributed by atoms with van der Waals surface area (Å²) in [5.41, 5.74) is 0.987. The van der Waals surface area contributed by atoms with Gasteiger partial charge < -0.3 is 9.84 Å². The molecule has 0 amide bonds.